The highest BCUT2D eigenvalue weighted by atomic mass is 16.3. The zero-order valence-corrected chi connectivity index (χ0v) is 20.6. The minimum Gasteiger partial charge on any atom is -0.345 e. The highest BCUT2D eigenvalue weighted by molar-refractivity contribution is 4.97. The molecular formula is C27H53N2O+. The van der Waals surface area contributed by atoms with Crippen LogP contribution in [0.4, 0.5) is 0 Å². The normalized spacial score (nSPS) is 22.1. The third-order valence-corrected chi connectivity index (χ3v) is 6.92. The maximum atomic E-state index is 10.2. The van der Waals surface area contributed by atoms with Crippen LogP contribution in [0.1, 0.15) is 130 Å². The van der Waals surface area contributed by atoms with Crippen LogP contribution < -0.4 is 5.32 Å². The van der Waals surface area contributed by atoms with Gasteiger partial charge in [-0.1, -0.05) is 109 Å². The van der Waals surface area contributed by atoms with E-state index in [1.54, 1.807) is 0 Å². The number of unbranched alkanes of at least 4 members (excludes halogenated alkanes) is 16. The Morgan fingerprint density at radius 3 is 1.70 bits per heavy atom. The van der Waals surface area contributed by atoms with Crippen molar-refractivity contribution >= 4 is 0 Å². The van der Waals surface area contributed by atoms with Gasteiger partial charge < -0.3 is 10.4 Å². The summed E-state index contributed by atoms with van der Waals surface area (Å²) >= 11 is 0. The summed E-state index contributed by atoms with van der Waals surface area (Å²) in [6, 6.07) is 0. The standard InChI is InChI=1S/C27H53N2O/c1-4-6-7-8-9-10-11-12-13-14-15-16-17-18-19-20-21-22-23-27-28-24-25-29(27,5-2)26(3)30/h22-28,30H,4-21H2,1-3H3/q+1/b23-22+. The summed E-state index contributed by atoms with van der Waals surface area (Å²) in [5, 5.41) is 13.6. The maximum Gasteiger partial charge on any atom is 0.193 e. The van der Waals surface area contributed by atoms with Gasteiger partial charge in [0.2, 0.25) is 0 Å². The van der Waals surface area contributed by atoms with Gasteiger partial charge in [-0.15, -0.1) is 0 Å². The maximum absolute atomic E-state index is 10.2. The van der Waals surface area contributed by atoms with E-state index >= 15 is 0 Å². The Kier molecular flexibility index (Phi) is 16.2. The van der Waals surface area contributed by atoms with Gasteiger partial charge in [0.05, 0.1) is 12.7 Å². The van der Waals surface area contributed by atoms with Crippen molar-refractivity contribution in [2.24, 2.45) is 0 Å². The van der Waals surface area contributed by atoms with Gasteiger partial charge >= 0.3 is 0 Å². The third-order valence-electron chi connectivity index (χ3n) is 6.92. The molecule has 0 aromatic carbocycles. The molecule has 0 saturated carbocycles. The molecule has 3 atom stereocenters. The Hall–Kier alpha value is -0.800. The van der Waals surface area contributed by atoms with Crippen molar-refractivity contribution < 1.29 is 9.59 Å². The summed E-state index contributed by atoms with van der Waals surface area (Å²) in [4.78, 5) is 0. The molecule has 0 spiro atoms. The lowest BCUT2D eigenvalue weighted by molar-refractivity contribution is -0.935. The van der Waals surface area contributed by atoms with Crippen molar-refractivity contribution in [3.8, 4) is 0 Å². The molecular weight excluding hydrogens is 368 g/mol. The highest BCUT2D eigenvalue weighted by Crippen LogP contribution is 2.23. The van der Waals surface area contributed by atoms with Gasteiger partial charge in [0, 0.05) is 6.92 Å². The summed E-state index contributed by atoms with van der Waals surface area (Å²) in [7, 11) is 0. The van der Waals surface area contributed by atoms with Gasteiger partial charge in [-0.3, -0.25) is 0 Å². The first-order chi connectivity index (χ1) is 14.7. The molecule has 3 unspecified atom stereocenters. The summed E-state index contributed by atoms with van der Waals surface area (Å²) in [5.74, 6) is 0. The molecule has 3 heteroatoms. The number of hydrogen-bond donors (Lipinski definition) is 2. The van der Waals surface area contributed by atoms with Crippen molar-refractivity contribution in [3.63, 3.8) is 0 Å². The van der Waals surface area contributed by atoms with Gasteiger partial charge in [-0.25, -0.2) is 4.48 Å². The van der Waals surface area contributed by atoms with Crippen molar-refractivity contribution in [1.29, 1.82) is 0 Å². The van der Waals surface area contributed by atoms with Crippen LogP contribution in [-0.2, 0) is 0 Å². The summed E-state index contributed by atoms with van der Waals surface area (Å²) in [6.45, 7) is 7.22. The van der Waals surface area contributed by atoms with E-state index in [0.29, 0.717) is 4.48 Å². The molecule has 0 aromatic rings. The van der Waals surface area contributed by atoms with Crippen molar-refractivity contribution in [2.45, 2.75) is 142 Å². The van der Waals surface area contributed by atoms with Crippen molar-refractivity contribution in [2.75, 3.05) is 6.54 Å². The lowest BCUT2D eigenvalue weighted by atomic mass is 10.0. The number of nitrogens with zero attached hydrogens (tertiary/aromatic N) is 1. The topological polar surface area (TPSA) is 32.3 Å². The van der Waals surface area contributed by atoms with E-state index in [1.807, 2.05) is 13.1 Å². The fourth-order valence-corrected chi connectivity index (χ4v) is 4.69. The van der Waals surface area contributed by atoms with Crippen LogP contribution in [-0.4, -0.2) is 28.5 Å². The van der Waals surface area contributed by atoms with Gasteiger partial charge in [-0.2, -0.15) is 0 Å². The molecule has 1 aliphatic heterocycles. The molecule has 0 fully saturated rings. The molecule has 1 heterocycles. The predicted octanol–water partition coefficient (Wildman–Crippen LogP) is 7.77. The van der Waals surface area contributed by atoms with E-state index in [1.165, 1.54) is 103 Å². The number of hydrogen-bond acceptors (Lipinski definition) is 2. The van der Waals surface area contributed by atoms with Crippen LogP contribution >= 0.6 is 0 Å². The number of quaternary nitrogens is 1. The van der Waals surface area contributed by atoms with Crippen LogP contribution in [0.2, 0.25) is 0 Å². The van der Waals surface area contributed by atoms with E-state index in [9.17, 15) is 5.11 Å². The molecule has 0 amide bonds. The Labute approximate surface area is 188 Å². The summed E-state index contributed by atoms with van der Waals surface area (Å²) < 4.78 is 0.593. The second-order valence-electron chi connectivity index (χ2n) is 9.39. The number of allylic oxidation sites excluding steroid dienone is 1. The lowest BCUT2D eigenvalue weighted by Gasteiger charge is -2.37. The predicted molar refractivity (Wildman–Crippen MR) is 132 cm³/mol. The first-order valence-electron chi connectivity index (χ1n) is 13.3. The van der Waals surface area contributed by atoms with Crippen LogP contribution in [0.5, 0.6) is 0 Å². The molecule has 3 nitrogen and oxygen atoms in total. The average molecular weight is 422 g/mol. The van der Waals surface area contributed by atoms with E-state index in [0.717, 1.165) is 13.0 Å². The monoisotopic (exact) mass is 421 g/mol. The van der Waals surface area contributed by atoms with Crippen LogP contribution in [0.25, 0.3) is 0 Å². The Balaban J connectivity index is 1.87. The summed E-state index contributed by atoms with van der Waals surface area (Å²) in [6.07, 6.45) is 32.3. The molecule has 0 saturated heterocycles. The molecule has 0 aliphatic carbocycles. The van der Waals surface area contributed by atoms with E-state index < -0.39 is 0 Å². The van der Waals surface area contributed by atoms with Gasteiger partial charge in [0.1, 0.15) is 6.20 Å². The van der Waals surface area contributed by atoms with E-state index in [-0.39, 0.29) is 12.4 Å². The van der Waals surface area contributed by atoms with Gasteiger partial charge in [0.25, 0.3) is 0 Å². The lowest BCUT2D eigenvalue weighted by Crippen LogP contribution is -2.56. The molecule has 1 aliphatic rings. The third kappa shape index (κ3) is 11.0. The van der Waals surface area contributed by atoms with Crippen LogP contribution in [0.15, 0.2) is 24.6 Å². The van der Waals surface area contributed by atoms with Crippen molar-refractivity contribution in [1.82, 2.24) is 5.32 Å². The number of nitrogens with one attached hydrogen (secondary N) is 1. The molecule has 0 aromatic heterocycles. The Bertz CT molecular complexity index is 446. The number of rotatable bonds is 20. The molecule has 2 N–H and O–H groups in total. The zero-order valence-electron chi connectivity index (χ0n) is 20.6. The number of likely N-dealkylation sites (N-methyl/N-ethyl adjacent to an activating group) is 1. The molecule has 0 radical (unpaired) electrons. The SMILES string of the molecule is CCCCCCCCCCCCCCCCCC/C=C/C1NC=C[N+]1(CC)C(C)O. The molecule has 30 heavy (non-hydrogen) atoms. The molecule has 176 valence electrons. The first kappa shape index (κ1) is 27.2. The highest BCUT2D eigenvalue weighted by Gasteiger charge is 2.39. The minimum absolute atomic E-state index is 0.177. The van der Waals surface area contributed by atoms with Gasteiger partial charge in [0.15, 0.2) is 12.4 Å². The fourth-order valence-electron chi connectivity index (χ4n) is 4.69. The average Bonchev–Trinajstić information content (AvgIpc) is 3.17. The van der Waals surface area contributed by atoms with Crippen LogP contribution in [0.3, 0.4) is 0 Å². The smallest absolute Gasteiger partial charge is 0.193 e. The molecule has 1 rings (SSSR count). The number of aliphatic hydroxyl groups is 1. The molecule has 0 bridgehead atoms. The van der Waals surface area contributed by atoms with Crippen molar-refractivity contribution in [3.05, 3.63) is 24.6 Å². The summed E-state index contributed by atoms with van der Waals surface area (Å²) in [5.41, 5.74) is 0. The Morgan fingerprint density at radius 1 is 0.800 bits per heavy atom. The zero-order chi connectivity index (χ0) is 21.9. The van der Waals surface area contributed by atoms with Crippen LogP contribution in [0, 0.1) is 0 Å². The fraction of sp³-hybridized carbons (Fsp3) is 0.852. The minimum atomic E-state index is -0.383. The quantitative estimate of drug-likeness (QED) is 0.119. The number of aliphatic hydroxyl groups excluding tert-OH is 1. The van der Waals surface area contributed by atoms with E-state index in [2.05, 4.69) is 37.5 Å². The second kappa shape index (κ2) is 17.8. The van der Waals surface area contributed by atoms with Gasteiger partial charge in [-0.05, 0) is 25.8 Å². The second-order valence-corrected chi connectivity index (χ2v) is 9.39. The largest absolute Gasteiger partial charge is 0.345 e. The van der Waals surface area contributed by atoms with E-state index in [4.69, 9.17) is 0 Å². The first-order valence-corrected chi connectivity index (χ1v) is 13.3. The Morgan fingerprint density at radius 2 is 1.27 bits per heavy atom.